The van der Waals surface area contributed by atoms with Crippen LogP contribution >= 0.6 is 0 Å². The van der Waals surface area contributed by atoms with Crippen molar-refractivity contribution in [3.63, 3.8) is 0 Å². The van der Waals surface area contributed by atoms with Gasteiger partial charge in [-0.25, -0.2) is 4.79 Å². The maximum Gasteiger partial charge on any atom is 0.322 e. The number of hydrogen-bond acceptors (Lipinski definition) is 8. The van der Waals surface area contributed by atoms with Crippen LogP contribution < -0.4 is 20.7 Å². The number of nitrogens with zero attached hydrogens (tertiary/aromatic N) is 3. The van der Waals surface area contributed by atoms with Gasteiger partial charge in [-0.15, -0.1) is 0 Å². The molecule has 4 aliphatic heterocycles. The lowest BCUT2D eigenvalue weighted by Crippen LogP contribution is -2.57. The number of amidine groups is 1. The second-order valence-electron chi connectivity index (χ2n) is 9.17. The smallest absolute Gasteiger partial charge is 0.322 e. The summed E-state index contributed by atoms with van der Waals surface area (Å²) < 4.78 is 11.3. The molecule has 12 heteroatoms. The minimum Gasteiger partial charge on any atom is -0.497 e. The molecular formula is C26H22N6O6. The molecule has 6 rings (SSSR count). The Kier molecular flexibility index (Phi) is 5.44. The molecule has 2 aromatic rings. The molecule has 5 amide bonds. The first-order chi connectivity index (χ1) is 18.4. The molecule has 38 heavy (non-hydrogen) atoms. The standard InChI is InChI=1S/C26H22N6O6/c1-37-16-5-4-15-12-32(23(34)17(15)9-16)13-26(24(35)30-25(36)31-26)20-10-18-19(38-20)6-7-21(28-18)29-22(33)14-3-2-8-27-11-14/h2-11,18-19H,12-13H2,1H3,(H,28,29,33)(H2,30,31,35,36)/t18?,19?,26-/m0/s1. The molecule has 5 heterocycles. The number of amides is 5. The lowest BCUT2D eigenvalue weighted by Gasteiger charge is -2.31. The third kappa shape index (κ3) is 3.86. The van der Waals surface area contributed by atoms with Crippen LogP contribution in [0.15, 0.2) is 71.7 Å². The van der Waals surface area contributed by atoms with Crippen LogP contribution in [-0.4, -0.2) is 70.8 Å². The van der Waals surface area contributed by atoms with Crippen molar-refractivity contribution in [3.8, 4) is 5.75 Å². The fourth-order valence-electron chi connectivity index (χ4n) is 4.90. The summed E-state index contributed by atoms with van der Waals surface area (Å²) in [5, 5.41) is 7.66. The van der Waals surface area contributed by atoms with Crippen molar-refractivity contribution in [1.82, 2.24) is 25.8 Å². The Bertz CT molecular complexity index is 1470. The van der Waals surface area contributed by atoms with Crippen molar-refractivity contribution in [1.29, 1.82) is 0 Å². The molecular weight excluding hydrogens is 492 g/mol. The minimum atomic E-state index is -1.64. The van der Waals surface area contributed by atoms with Gasteiger partial charge >= 0.3 is 6.03 Å². The van der Waals surface area contributed by atoms with Gasteiger partial charge in [-0.3, -0.25) is 29.7 Å². The van der Waals surface area contributed by atoms with Crippen LogP contribution in [0.2, 0.25) is 0 Å². The number of rotatable bonds is 5. The number of benzene rings is 1. The fourth-order valence-corrected chi connectivity index (χ4v) is 4.90. The largest absolute Gasteiger partial charge is 0.497 e. The number of dihydropyridines is 1. The first kappa shape index (κ1) is 23.4. The van der Waals surface area contributed by atoms with Gasteiger partial charge in [-0.1, -0.05) is 6.07 Å². The molecule has 3 N–H and O–H groups in total. The van der Waals surface area contributed by atoms with Crippen molar-refractivity contribution in [2.24, 2.45) is 4.99 Å². The number of carbonyl (C=O) groups excluding carboxylic acids is 4. The second-order valence-corrected chi connectivity index (χ2v) is 9.17. The van der Waals surface area contributed by atoms with E-state index < -0.39 is 29.6 Å². The molecule has 1 aromatic carbocycles. The van der Waals surface area contributed by atoms with Crippen molar-refractivity contribution < 1.29 is 28.7 Å². The second kappa shape index (κ2) is 8.83. The topological polar surface area (TPSA) is 151 Å². The number of ether oxygens (including phenoxy) is 2. The van der Waals surface area contributed by atoms with E-state index in [1.54, 1.807) is 54.8 Å². The van der Waals surface area contributed by atoms with Gasteiger partial charge in [0.05, 0.1) is 19.2 Å². The van der Waals surface area contributed by atoms with Gasteiger partial charge in [0.1, 0.15) is 29.5 Å². The van der Waals surface area contributed by atoms with E-state index in [1.807, 2.05) is 0 Å². The Morgan fingerprint density at radius 2 is 2.16 bits per heavy atom. The quantitative estimate of drug-likeness (QED) is 0.496. The summed E-state index contributed by atoms with van der Waals surface area (Å²) in [5.41, 5.74) is -0.00521. The van der Waals surface area contributed by atoms with Crippen LogP contribution in [0.4, 0.5) is 4.79 Å². The number of pyridine rings is 1. The Labute approximate surface area is 216 Å². The molecule has 0 bridgehead atoms. The summed E-state index contributed by atoms with van der Waals surface area (Å²) in [7, 11) is 1.52. The summed E-state index contributed by atoms with van der Waals surface area (Å²) in [4.78, 5) is 61.1. The molecule has 2 unspecified atom stereocenters. The number of aromatic nitrogens is 1. The highest BCUT2D eigenvalue weighted by Crippen LogP contribution is 2.36. The maximum absolute atomic E-state index is 13.2. The Morgan fingerprint density at radius 3 is 2.89 bits per heavy atom. The molecule has 0 spiro atoms. The van der Waals surface area contributed by atoms with Gasteiger partial charge in [0.25, 0.3) is 17.7 Å². The average molecular weight is 514 g/mol. The fraction of sp³-hybridized carbons (Fsp3) is 0.231. The zero-order valence-corrected chi connectivity index (χ0v) is 20.1. The first-order valence-electron chi connectivity index (χ1n) is 11.8. The monoisotopic (exact) mass is 514 g/mol. The predicted octanol–water partition coefficient (Wildman–Crippen LogP) is 0.674. The van der Waals surface area contributed by atoms with E-state index in [0.29, 0.717) is 22.7 Å². The number of nitrogens with one attached hydrogen (secondary N) is 3. The molecule has 192 valence electrons. The Morgan fingerprint density at radius 1 is 1.29 bits per heavy atom. The zero-order valence-electron chi connectivity index (χ0n) is 20.1. The summed E-state index contributed by atoms with van der Waals surface area (Å²) in [6, 6.07) is 7.25. The zero-order chi connectivity index (χ0) is 26.4. The van der Waals surface area contributed by atoms with Gasteiger partial charge < -0.3 is 25.0 Å². The van der Waals surface area contributed by atoms with Gasteiger partial charge in [0.2, 0.25) is 0 Å². The number of aliphatic imine (C=N–C) groups is 1. The number of methoxy groups -OCH3 is 1. The summed E-state index contributed by atoms with van der Waals surface area (Å²) in [6.45, 7) is 0.107. The third-order valence-electron chi connectivity index (χ3n) is 6.81. The van der Waals surface area contributed by atoms with Crippen molar-refractivity contribution >= 4 is 29.6 Å². The van der Waals surface area contributed by atoms with Crippen LogP contribution in [0.5, 0.6) is 5.75 Å². The number of hydrogen-bond donors (Lipinski definition) is 3. The van der Waals surface area contributed by atoms with Crippen LogP contribution in [0.25, 0.3) is 0 Å². The summed E-state index contributed by atoms with van der Waals surface area (Å²) in [6.07, 6.45) is 7.42. The van der Waals surface area contributed by atoms with Crippen molar-refractivity contribution in [2.75, 3.05) is 13.7 Å². The van der Waals surface area contributed by atoms with Crippen LogP contribution in [0, 0.1) is 0 Å². The number of urea groups is 1. The molecule has 0 aliphatic carbocycles. The average Bonchev–Trinajstić information content (AvgIpc) is 3.57. The van der Waals surface area contributed by atoms with Gasteiger partial charge in [-0.2, -0.15) is 0 Å². The van der Waals surface area contributed by atoms with E-state index in [0.717, 1.165) is 5.56 Å². The Balaban J connectivity index is 1.25. The molecule has 3 atom stereocenters. The van der Waals surface area contributed by atoms with Crippen molar-refractivity contribution in [2.45, 2.75) is 24.2 Å². The summed E-state index contributed by atoms with van der Waals surface area (Å²) in [5.74, 6) is -0.263. The lowest BCUT2D eigenvalue weighted by molar-refractivity contribution is -0.124. The van der Waals surface area contributed by atoms with Crippen LogP contribution in [-0.2, 0) is 16.1 Å². The van der Waals surface area contributed by atoms with Crippen LogP contribution in [0.3, 0.4) is 0 Å². The molecule has 1 fully saturated rings. The molecule has 12 nitrogen and oxygen atoms in total. The third-order valence-corrected chi connectivity index (χ3v) is 6.81. The number of fused-ring (bicyclic) bond motifs is 2. The normalized spacial score (nSPS) is 25.1. The molecule has 4 aliphatic rings. The van der Waals surface area contributed by atoms with Crippen molar-refractivity contribution in [3.05, 3.63) is 83.4 Å². The summed E-state index contributed by atoms with van der Waals surface area (Å²) >= 11 is 0. The molecule has 0 radical (unpaired) electrons. The van der Waals surface area contributed by atoms with Gasteiger partial charge in [0, 0.05) is 24.5 Å². The lowest BCUT2D eigenvalue weighted by atomic mass is 9.95. The molecule has 0 saturated carbocycles. The highest BCUT2D eigenvalue weighted by molar-refractivity contribution is 6.11. The predicted molar refractivity (Wildman–Crippen MR) is 132 cm³/mol. The molecule has 1 aromatic heterocycles. The van der Waals surface area contributed by atoms with E-state index >= 15 is 0 Å². The first-order valence-corrected chi connectivity index (χ1v) is 11.8. The maximum atomic E-state index is 13.2. The number of imide groups is 1. The van der Waals surface area contributed by atoms with E-state index in [1.165, 1.54) is 18.2 Å². The number of carbonyl (C=O) groups is 4. The van der Waals surface area contributed by atoms with E-state index in [9.17, 15) is 19.2 Å². The molecule has 1 saturated heterocycles. The van der Waals surface area contributed by atoms with Gasteiger partial charge in [-0.05, 0) is 48.1 Å². The minimum absolute atomic E-state index is 0.149. The van der Waals surface area contributed by atoms with E-state index in [-0.39, 0.29) is 30.7 Å². The van der Waals surface area contributed by atoms with E-state index in [4.69, 9.17) is 9.47 Å². The van der Waals surface area contributed by atoms with Crippen LogP contribution in [0.1, 0.15) is 26.3 Å². The highest BCUT2D eigenvalue weighted by Gasteiger charge is 2.55. The van der Waals surface area contributed by atoms with Gasteiger partial charge in [0.15, 0.2) is 5.54 Å². The SMILES string of the molecule is COc1ccc2c(c1)C(=O)N(C[C@@]1(C3=CC4N=C(NC(=O)c5cccnc5)C=CC4O3)NC(=O)NC1=O)C2. The highest BCUT2D eigenvalue weighted by atomic mass is 16.5. The Hall–Kier alpha value is -5.00. The van der Waals surface area contributed by atoms with E-state index in [2.05, 4.69) is 25.9 Å².